The van der Waals surface area contributed by atoms with E-state index in [2.05, 4.69) is 59.3 Å². The van der Waals surface area contributed by atoms with Gasteiger partial charge in [-0.2, -0.15) is 0 Å². The average molecular weight is 338 g/mol. The van der Waals surface area contributed by atoms with Gasteiger partial charge >= 0.3 is 0 Å². The van der Waals surface area contributed by atoms with Gasteiger partial charge in [0.1, 0.15) is 0 Å². The van der Waals surface area contributed by atoms with Gasteiger partial charge in [0.2, 0.25) is 0 Å². The van der Waals surface area contributed by atoms with Crippen LogP contribution in [0.5, 0.6) is 0 Å². The molecule has 0 nitrogen and oxygen atoms in total. The first-order valence-electron chi connectivity index (χ1n) is 6.66. The lowest BCUT2D eigenvalue weighted by Gasteiger charge is -2.11. The van der Waals surface area contributed by atoms with E-state index >= 15 is 0 Å². The first kappa shape index (κ1) is 14.6. The van der Waals surface area contributed by atoms with E-state index in [1.807, 2.05) is 12.1 Å². The van der Waals surface area contributed by atoms with Crippen LogP contribution in [0.25, 0.3) is 0 Å². The maximum Gasteiger partial charge on any atom is 0.0625 e. The number of hydrogen-bond acceptors (Lipinski definition) is 0. The summed E-state index contributed by atoms with van der Waals surface area (Å²) in [4.78, 5) is 0. The molecule has 0 aliphatic rings. The Morgan fingerprint density at radius 2 is 1.79 bits per heavy atom. The molecule has 0 aliphatic carbocycles. The van der Waals surface area contributed by atoms with Gasteiger partial charge in [0.25, 0.3) is 0 Å². The Morgan fingerprint density at radius 1 is 1.05 bits per heavy atom. The number of alkyl halides is 1. The molecule has 0 saturated heterocycles. The van der Waals surface area contributed by atoms with Crippen LogP contribution in [-0.4, -0.2) is 0 Å². The Hall–Kier alpha value is -0.790. The fraction of sp³-hybridized carbons (Fsp3) is 0.294. The molecule has 2 rings (SSSR count). The molecule has 0 aromatic heterocycles. The van der Waals surface area contributed by atoms with Crippen molar-refractivity contribution in [1.82, 2.24) is 0 Å². The summed E-state index contributed by atoms with van der Waals surface area (Å²) >= 11 is 10.00. The van der Waals surface area contributed by atoms with Crippen LogP contribution in [0.1, 0.15) is 35.4 Å². The van der Waals surface area contributed by atoms with E-state index < -0.39 is 0 Å². The zero-order valence-corrected chi connectivity index (χ0v) is 13.4. The molecule has 100 valence electrons. The molecule has 0 spiro atoms. The Kier molecular flexibility index (Phi) is 5.47. The van der Waals surface area contributed by atoms with Gasteiger partial charge in [-0.3, -0.25) is 0 Å². The van der Waals surface area contributed by atoms with Crippen LogP contribution in [0.3, 0.4) is 0 Å². The summed E-state index contributed by atoms with van der Waals surface area (Å²) in [6, 6.07) is 17.0. The SMILES string of the molecule is CCCc1ccc(C(Cl)Cc2cccc(Br)c2)cc1. The summed E-state index contributed by atoms with van der Waals surface area (Å²) < 4.78 is 1.10. The van der Waals surface area contributed by atoms with Crippen molar-refractivity contribution >= 4 is 27.5 Å². The normalized spacial score (nSPS) is 12.4. The Balaban J connectivity index is 2.05. The van der Waals surface area contributed by atoms with Crippen LogP contribution < -0.4 is 0 Å². The van der Waals surface area contributed by atoms with Crippen LogP contribution in [-0.2, 0) is 12.8 Å². The van der Waals surface area contributed by atoms with Gasteiger partial charge in [0, 0.05) is 4.47 Å². The van der Waals surface area contributed by atoms with Crippen molar-refractivity contribution in [2.45, 2.75) is 31.6 Å². The molecule has 0 saturated carbocycles. The second kappa shape index (κ2) is 7.12. The predicted molar refractivity (Wildman–Crippen MR) is 86.9 cm³/mol. The van der Waals surface area contributed by atoms with Crippen LogP contribution >= 0.6 is 27.5 Å². The lowest BCUT2D eigenvalue weighted by Crippen LogP contribution is -1.96. The minimum atomic E-state index is 0.0324. The number of benzene rings is 2. The van der Waals surface area contributed by atoms with Gasteiger partial charge in [-0.05, 0) is 41.7 Å². The second-order valence-electron chi connectivity index (χ2n) is 4.79. The lowest BCUT2D eigenvalue weighted by atomic mass is 10.0. The number of halogens is 2. The van der Waals surface area contributed by atoms with E-state index in [-0.39, 0.29) is 5.38 Å². The highest BCUT2D eigenvalue weighted by atomic mass is 79.9. The predicted octanol–water partition coefficient (Wildman–Crippen LogP) is 5.92. The molecule has 19 heavy (non-hydrogen) atoms. The Bertz CT molecular complexity index is 519. The van der Waals surface area contributed by atoms with Crippen LogP contribution in [0.15, 0.2) is 53.0 Å². The molecular formula is C17H18BrCl. The summed E-state index contributed by atoms with van der Waals surface area (Å²) in [5.74, 6) is 0. The standard InChI is InChI=1S/C17H18BrCl/c1-2-4-13-7-9-15(10-8-13)17(19)12-14-5-3-6-16(18)11-14/h3,5-11,17H,2,4,12H2,1H3. The van der Waals surface area contributed by atoms with E-state index in [0.29, 0.717) is 0 Å². The van der Waals surface area contributed by atoms with Crippen LogP contribution in [0, 0.1) is 0 Å². The highest BCUT2D eigenvalue weighted by Gasteiger charge is 2.09. The molecule has 2 aromatic carbocycles. The molecular weight excluding hydrogens is 320 g/mol. The lowest BCUT2D eigenvalue weighted by molar-refractivity contribution is 0.902. The third-order valence-electron chi connectivity index (χ3n) is 3.18. The molecule has 2 aromatic rings. The molecule has 0 fully saturated rings. The van der Waals surface area contributed by atoms with Crippen molar-refractivity contribution in [2.24, 2.45) is 0 Å². The van der Waals surface area contributed by atoms with E-state index in [4.69, 9.17) is 11.6 Å². The van der Waals surface area contributed by atoms with Crippen LogP contribution in [0.4, 0.5) is 0 Å². The quantitative estimate of drug-likeness (QED) is 0.594. The minimum absolute atomic E-state index is 0.0324. The van der Waals surface area contributed by atoms with Gasteiger partial charge in [-0.25, -0.2) is 0 Å². The molecule has 1 unspecified atom stereocenters. The van der Waals surface area contributed by atoms with Gasteiger partial charge in [0.15, 0.2) is 0 Å². The number of hydrogen-bond donors (Lipinski definition) is 0. The average Bonchev–Trinajstić information content (AvgIpc) is 2.40. The molecule has 0 N–H and O–H groups in total. The van der Waals surface area contributed by atoms with Crippen molar-refractivity contribution in [3.8, 4) is 0 Å². The van der Waals surface area contributed by atoms with Gasteiger partial charge in [-0.15, -0.1) is 11.6 Å². The zero-order chi connectivity index (χ0) is 13.7. The second-order valence-corrected chi connectivity index (χ2v) is 6.24. The largest absolute Gasteiger partial charge is 0.117 e. The first-order valence-corrected chi connectivity index (χ1v) is 7.89. The van der Waals surface area contributed by atoms with Gasteiger partial charge in [-0.1, -0.05) is 65.7 Å². The molecule has 1 atom stereocenters. The Labute approximate surface area is 128 Å². The summed E-state index contributed by atoms with van der Waals surface area (Å²) in [5.41, 5.74) is 3.84. The summed E-state index contributed by atoms with van der Waals surface area (Å²) in [5, 5.41) is 0.0324. The van der Waals surface area contributed by atoms with Gasteiger partial charge in [0.05, 0.1) is 5.38 Å². The molecule has 2 heteroatoms. The van der Waals surface area contributed by atoms with Crippen molar-refractivity contribution in [3.63, 3.8) is 0 Å². The van der Waals surface area contributed by atoms with E-state index in [1.165, 1.54) is 23.1 Å². The van der Waals surface area contributed by atoms with Crippen LogP contribution in [0.2, 0.25) is 0 Å². The monoisotopic (exact) mass is 336 g/mol. The van der Waals surface area contributed by atoms with Crippen molar-refractivity contribution in [2.75, 3.05) is 0 Å². The fourth-order valence-electron chi connectivity index (χ4n) is 2.17. The molecule has 0 radical (unpaired) electrons. The third kappa shape index (κ3) is 4.36. The summed E-state index contributed by atoms with van der Waals surface area (Å²) in [7, 11) is 0. The minimum Gasteiger partial charge on any atom is -0.117 e. The highest BCUT2D eigenvalue weighted by molar-refractivity contribution is 9.10. The Morgan fingerprint density at radius 3 is 2.42 bits per heavy atom. The molecule has 0 amide bonds. The third-order valence-corrected chi connectivity index (χ3v) is 4.08. The summed E-state index contributed by atoms with van der Waals surface area (Å²) in [6.07, 6.45) is 3.18. The zero-order valence-electron chi connectivity index (χ0n) is 11.1. The fourth-order valence-corrected chi connectivity index (χ4v) is 2.94. The maximum atomic E-state index is 6.51. The van der Waals surface area contributed by atoms with E-state index in [1.54, 1.807) is 0 Å². The number of rotatable bonds is 5. The first-order chi connectivity index (χ1) is 9.19. The van der Waals surface area contributed by atoms with Crippen molar-refractivity contribution in [1.29, 1.82) is 0 Å². The molecule has 0 bridgehead atoms. The van der Waals surface area contributed by atoms with Crippen molar-refractivity contribution < 1.29 is 0 Å². The molecule has 0 aliphatic heterocycles. The highest BCUT2D eigenvalue weighted by Crippen LogP contribution is 2.26. The maximum absolute atomic E-state index is 6.51. The smallest absolute Gasteiger partial charge is 0.0625 e. The van der Waals surface area contributed by atoms with E-state index in [9.17, 15) is 0 Å². The van der Waals surface area contributed by atoms with E-state index in [0.717, 1.165) is 17.3 Å². The topological polar surface area (TPSA) is 0 Å². The molecule has 0 heterocycles. The van der Waals surface area contributed by atoms with Crippen molar-refractivity contribution in [3.05, 3.63) is 69.7 Å². The van der Waals surface area contributed by atoms with Gasteiger partial charge < -0.3 is 0 Å². The number of aryl methyl sites for hydroxylation is 1. The summed E-state index contributed by atoms with van der Waals surface area (Å²) in [6.45, 7) is 2.20.